The normalized spacial score (nSPS) is 10.9. The molecule has 0 bridgehead atoms. The molecule has 98 valence electrons. The lowest BCUT2D eigenvalue weighted by atomic mass is 10.2. The van der Waals surface area contributed by atoms with Crippen LogP contribution in [0.5, 0.6) is 0 Å². The minimum Gasteiger partial charge on any atom is -0.399 e. The van der Waals surface area contributed by atoms with Gasteiger partial charge in [0.1, 0.15) is 0 Å². The zero-order chi connectivity index (χ0) is 13.9. The Morgan fingerprint density at radius 3 is 2.32 bits per heavy atom. The predicted molar refractivity (Wildman–Crippen MR) is 71.9 cm³/mol. The van der Waals surface area contributed by atoms with Gasteiger partial charge in [-0.1, -0.05) is 24.3 Å². The number of carbonyl (C=O) groups is 1. The average molecular weight is 276 g/mol. The van der Waals surface area contributed by atoms with E-state index in [2.05, 4.69) is 0 Å². The Bertz CT molecular complexity index is 697. The van der Waals surface area contributed by atoms with Gasteiger partial charge in [0, 0.05) is 11.3 Å². The fourth-order valence-corrected chi connectivity index (χ4v) is 2.51. The van der Waals surface area contributed by atoms with Gasteiger partial charge in [-0.25, -0.2) is 13.1 Å². The second-order valence-electron chi connectivity index (χ2n) is 3.87. The topological polar surface area (TPSA) is 89.3 Å². The summed E-state index contributed by atoms with van der Waals surface area (Å²) >= 11 is 0. The van der Waals surface area contributed by atoms with Crippen molar-refractivity contribution in [3.8, 4) is 0 Å². The summed E-state index contributed by atoms with van der Waals surface area (Å²) < 4.78 is 25.9. The van der Waals surface area contributed by atoms with E-state index in [9.17, 15) is 13.2 Å². The van der Waals surface area contributed by atoms with E-state index in [1.165, 1.54) is 24.3 Å². The summed E-state index contributed by atoms with van der Waals surface area (Å²) in [5, 5.41) is 0. The quantitative estimate of drug-likeness (QED) is 0.829. The number of carbonyl (C=O) groups excluding carboxylic acids is 1. The number of benzene rings is 2. The van der Waals surface area contributed by atoms with Gasteiger partial charge >= 0.3 is 0 Å². The molecule has 0 aromatic heterocycles. The van der Waals surface area contributed by atoms with Crippen LogP contribution in [0.1, 0.15) is 10.4 Å². The number of anilines is 1. The van der Waals surface area contributed by atoms with E-state index in [0.717, 1.165) is 0 Å². The Labute approximate surface area is 111 Å². The number of nitrogen functional groups attached to an aromatic ring is 1. The standard InChI is InChI=1S/C13H12N2O3S/c14-11-6-4-5-10(9-11)13(16)15-19(17,18)12-7-2-1-3-8-12/h1-9H,14H2,(H,15,16). The van der Waals surface area contributed by atoms with E-state index in [1.54, 1.807) is 30.3 Å². The molecule has 0 fully saturated rings. The van der Waals surface area contributed by atoms with Crippen molar-refractivity contribution in [2.75, 3.05) is 5.73 Å². The minimum atomic E-state index is -3.86. The molecule has 0 radical (unpaired) electrons. The number of amides is 1. The third-order valence-corrected chi connectivity index (χ3v) is 3.78. The van der Waals surface area contributed by atoms with Crippen LogP contribution in [0.3, 0.4) is 0 Å². The van der Waals surface area contributed by atoms with Gasteiger partial charge < -0.3 is 5.73 Å². The molecule has 0 unspecified atom stereocenters. The van der Waals surface area contributed by atoms with Crippen LogP contribution in [0.25, 0.3) is 0 Å². The highest BCUT2D eigenvalue weighted by atomic mass is 32.2. The first-order chi connectivity index (χ1) is 8.99. The largest absolute Gasteiger partial charge is 0.399 e. The smallest absolute Gasteiger partial charge is 0.265 e. The second kappa shape index (κ2) is 5.11. The van der Waals surface area contributed by atoms with Crippen molar-refractivity contribution in [3.63, 3.8) is 0 Å². The Hall–Kier alpha value is -2.34. The molecule has 0 atom stereocenters. The zero-order valence-corrected chi connectivity index (χ0v) is 10.7. The summed E-state index contributed by atoms with van der Waals surface area (Å²) in [6.07, 6.45) is 0. The van der Waals surface area contributed by atoms with Gasteiger partial charge in [0.2, 0.25) is 0 Å². The molecule has 1 amide bonds. The highest BCUT2D eigenvalue weighted by molar-refractivity contribution is 7.90. The van der Waals surface area contributed by atoms with E-state index in [4.69, 9.17) is 5.73 Å². The average Bonchev–Trinajstić information content (AvgIpc) is 2.39. The molecule has 19 heavy (non-hydrogen) atoms. The number of nitrogens with two attached hydrogens (primary N) is 1. The molecule has 2 aromatic rings. The molecule has 3 N–H and O–H groups in total. The van der Waals surface area contributed by atoms with Gasteiger partial charge in [-0.2, -0.15) is 0 Å². The molecule has 0 heterocycles. The maximum Gasteiger partial charge on any atom is 0.265 e. The van der Waals surface area contributed by atoms with Crippen molar-refractivity contribution in [1.82, 2.24) is 4.72 Å². The van der Waals surface area contributed by atoms with E-state index >= 15 is 0 Å². The molecular weight excluding hydrogens is 264 g/mol. The first kappa shape index (κ1) is 13.1. The van der Waals surface area contributed by atoms with Crippen LogP contribution in [-0.4, -0.2) is 14.3 Å². The number of hydrogen-bond donors (Lipinski definition) is 2. The molecule has 0 aliphatic heterocycles. The van der Waals surface area contributed by atoms with Crippen LogP contribution in [0, 0.1) is 0 Å². The molecule has 0 spiro atoms. The molecule has 2 aromatic carbocycles. The highest BCUT2D eigenvalue weighted by Gasteiger charge is 2.18. The Morgan fingerprint density at radius 1 is 1.00 bits per heavy atom. The van der Waals surface area contributed by atoms with Gasteiger partial charge in [-0.05, 0) is 30.3 Å². The van der Waals surface area contributed by atoms with Crippen LogP contribution >= 0.6 is 0 Å². The van der Waals surface area contributed by atoms with E-state index in [-0.39, 0.29) is 10.5 Å². The van der Waals surface area contributed by atoms with Crippen LogP contribution in [0.2, 0.25) is 0 Å². The van der Waals surface area contributed by atoms with Crippen molar-refractivity contribution in [1.29, 1.82) is 0 Å². The third kappa shape index (κ3) is 3.11. The first-order valence-electron chi connectivity index (χ1n) is 5.47. The number of hydrogen-bond acceptors (Lipinski definition) is 4. The van der Waals surface area contributed by atoms with Crippen molar-refractivity contribution < 1.29 is 13.2 Å². The molecular formula is C13H12N2O3S. The minimum absolute atomic E-state index is 0.0345. The first-order valence-corrected chi connectivity index (χ1v) is 6.95. The summed E-state index contributed by atoms with van der Waals surface area (Å²) in [5.74, 6) is -0.712. The monoisotopic (exact) mass is 276 g/mol. The van der Waals surface area contributed by atoms with Gasteiger partial charge in [0.25, 0.3) is 15.9 Å². The maximum atomic E-state index is 11.9. The van der Waals surface area contributed by atoms with Crippen molar-refractivity contribution >= 4 is 21.6 Å². The highest BCUT2D eigenvalue weighted by Crippen LogP contribution is 2.10. The lowest BCUT2D eigenvalue weighted by molar-refractivity contribution is 0.0981. The Morgan fingerprint density at radius 2 is 1.68 bits per heavy atom. The van der Waals surface area contributed by atoms with Crippen LogP contribution in [0.4, 0.5) is 5.69 Å². The van der Waals surface area contributed by atoms with E-state index in [1.807, 2.05) is 4.72 Å². The number of rotatable bonds is 3. The fraction of sp³-hybridized carbons (Fsp3) is 0. The summed E-state index contributed by atoms with van der Waals surface area (Å²) in [7, 11) is -3.86. The van der Waals surface area contributed by atoms with Crippen molar-refractivity contribution in [3.05, 3.63) is 60.2 Å². The summed E-state index contributed by atoms with van der Waals surface area (Å²) in [4.78, 5) is 11.9. The molecule has 0 aliphatic rings. The van der Waals surface area contributed by atoms with Crippen molar-refractivity contribution in [2.24, 2.45) is 0 Å². The Kier molecular flexibility index (Phi) is 3.52. The second-order valence-corrected chi connectivity index (χ2v) is 5.56. The summed E-state index contributed by atoms with van der Waals surface area (Å²) in [6, 6.07) is 13.8. The Balaban J connectivity index is 2.24. The lowest BCUT2D eigenvalue weighted by Crippen LogP contribution is -2.30. The molecule has 2 rings (SSSR count). The van der Waals surface area contributed by atoms with Gasteiger partial charge in [0.05, 0.1) is 4.90 Å². The third-order valence-electron chi connectivity index (χ3n) is 2.43. The maximum absolute atomic E-state index is 11.9. The number of nitrogens with one attached hydrogen (secondary N) is 1. The van der Waals surface area contributed by atoms with Crippen molar-refractivity contribution in [2.45, 2.75) is 4.90 Å². The molecule has 0 saturated heterocycles. The summed E-state index contributed by atoms with van der Waals surface area (Å²) in [6.45, 7) is 0. The van der Waals surface area contributed by atoms with Crippen LogP contribution in [-0.2, 0) is 10.0 Å². The molecule has 5 nitrogen and oxygen atoms in total. The fourth-order valence-electron chi connectivity index (χ4n) is 1.52. The molecule has 6 heteroatoms. The van der Waals surface area contributed by atoms with Crippen LogP contribution < -0.4 is 10.5 Å². The SMILES string of the molecule is Nc1cccc(C(=O)NS(=O)(=O)c2ccccc2)c1. The molecule has 0 aliphatic carbocycles. The van der Waals surface area contributed by atoms with Gasteiger partial charge in [0.15, 0.2) is 0 Å². The predicted octanol–water partition coefficient (Wildman–Crippen LogP) is 1.39. The number of sulfonamides is 1. The summed E-state index contributed by atoms with van der Waals surface area (Å²) in [5.41, 5.74) is 6.13. The van der Waals surface area contributed by atoms with Gasteiger partial charge in [-0.3, -0.25) is 4.79 Å². The zero-order valence-electron chi connectivity index (χ0n) is 9.91. The lowest BCUT2D eigenvalue weighted by Gasteiger charge is -2.07. The molecule has 0 saturated carbocycles. The van der Waals surface area contributed by atoms with Gasteiger partial charge in [-0.15, -0.1) is 0 Å². The van der Waals surface area contributed by atoms with Crippen LogP contribution in [0.15, 0.2) is 59.5 Å². The van der Waals surface area contributed by atoms with E-state index in [0.29, 0.717) is 5.69 Å². The van der Waals surface area contributed by atoms with E-state index < -0.39 is 15.9 Å².